The van der Waals surface area contributed by atoms with Gasteiger partial charge in [-0.05, 0) is 13.8 Å². The molecule has 1 aliphatic heterocycles. The van der Waals surface area contributed by atoms with Crippen molar-refractivity contribution in [3.63, 3.8) is 0 Å². The SMILES string of the molecule is Cc1nc(C)c2c(n1)N2.NC(=O)O. The van der Waals surface area contributed by atoms with Crippen LogP contribution in [0.1, 0.15) is 11.5 Å². The topological polar surface area (TPSA) is 111 Å². The quantitative estimate of drug-likeness (QED) is 0.521. The van der Waals surface area contributed by atoms with E-state index in [1.165, 1.54) is 0 Å². The van der Waals surface area contributed by atoms with Crippen molar-refractivity contribution in [2.75, 3.05) is 5.32 Å². The van der Waals surface area contributed by atoms with Crippen LogP contribution in [0.5, 0.6) is 0 Å². The van der Waals surface area contributed by atoms with E-state index >= 15 is 0 Å². The van der Waals surface area contributed by atoms with Crippen LogP contribution in [0.25, 0.3) is 0 Å². The second-order valence-electron chi connectivity index (χ2n) is 2.54. The molecule has 0 radical (unpaired) electrons. The van der Waals surface area contributed by atoms with Crippen LogP contribution in [0.15, 0.2) is 0 Å². The van der Waals surface area contributed by atoms with Crippen molar-refractivity contribution in [1.82, 2.24) is 9.97 Å². The first-order chi connectivity index (χ1) is 6.00. The Hall–Kier alpha value is -1.85. The zero-order valence-electron chi connectivity index (χ0n) is 7.33. The smallest absolute Gasteiger partial charge is 0.402 e. The van der Waals surface area contributed by atoms with Gasteiger partial charge in [0.25, 0.3) is 0 Å². The number of aryl methyl sites for hydroxylation is 2. The Kier molecular flexibility index (Phi) is 2.32. The number of hydrogen-bond donors (Lipinski definition) is 3. The van der Waals surface area contributed by atoms with Crippen molar-refractivity contribution < 1.29 is 9.90 Å². The number of aromatic nitrogens is 2. The van der Waals surface area contributed by atoms with E-state index in [2.05, 4.69) is 21.0 Å². The number of hydrogen-bond acceptors (Lipinski definition) is 4. The van der Waals surface area contributed by atoms with E-state index in [1.54, 1.807) is 0 Å². The highest BCUT2D eigenvalue weighted by Gasteiger charge is 2.21. The van der Waals surface area contributed by atoms with Crippen molar-refractivity contribution >= 4 is 17.6 Å². The molecule has 0 atom stereocenters. The summed E-state index contributed by atoms with van der Waals surface area (Å²) in [6, 6.07) is 0. The maximum atomic E-state index is 8.78. The van der Waals surface area contributed by atoms with Crippen molar-refractivity contribution in [2.24, 2.45) is 5.73 Å². The average Bonchev–Trinajstić information content (AvgIpc) is 2.63. The summed E-state index contributed by atoms with van der Waals surface area (Å²) in [7, 11) is 0. The molecule has 1 aliphatic rings. The molecule has 6 nitrogen and oxygen atoms in total. The molecule has 0 bridgehead atoms. The summed E-state index contributed by atoms with van der Waals surface area (Å²) < 4.78 is 0. The number of rotatable bonds is 0. The van der Waals surface area contributed by atoms with Gasteiger partial charge in [-0.1, -0.05) is 0 Å². The van der Waals surface area contributed by atoms with E-state index in [-0.39, 0.29) is 0 Å². The van der Waals surface area contributed by atoms with Gasteiger partial charge in [-0.2, -0.15) is 0 Å². The van der Waals surface area contributed by atoms with Gasteiger partial charge in [-0.25, -0.2) is 14.8 Å². The second-order valence-corrected chi connectivity index (χ2v) is 2.54. The van der Waals surface area contributed by atoms with Crippen LogP contribution in [-0.4, -0.2) is 21.2 Å². The largest absolute Gasteiger partial charge is 0.465 e. The van der Waals surface area contributed by atoms with Gasteiger partial charge in [-0.3, -0.25) is 0 Å². The molecule has 0 spiro atoms. The first-order valence-electron chi connectivity index (χ1n) is 3.61. The van der Waals surface area contributed by atoms with E-state index in [9.17, 15) is 0 Å². The molecule has 0 aliphatic carbocycles. The molecule has 2 rings (SSSR count). The zero-order valence-corrected chi connectivity index (χ0v) is 7.33. The standard InChI is InChI=1S/C6H7N3.CH3NO2/c1-3-5-6(9-5)8-4(2)7-3;2-1(3)4/h1-2H3,(H,7,8,9);2H2,(H,3,4). The van der Waals surface area contributed by atoms with E-state index < -0.39 is 6.09 Å². The molecule has 1 aromatic rings. The van der Waals surface area contributed by atoms with Gasteiger partial charge in [0.05, 0.1) is 5.69 Å². The Morgan fingerprint density at radius 1 is 1.46 bits per heavy atom. The summed E-state index contributed by atoms with van der Waals surface area (Å²) in [6.07, 6.45) is -1.33. The summed E-state index contributed by atoms with van der Waals surface area (Å²) in [5, 5.41) is 10.2. The Bertz CT molecular complexity index is 346. The van der Waals surface area contributed by atoms with Crippen LogP contribution in [0.3, 0.4) is 0 Å². The van der Waals surface area contributed by atoms with Crippen LogP contribution in [0.2, 0.25) is 0 Å². The van der Waals surface area contributed by atoms with E-state index in [4.69, 9.17) is 9.90 Å². The van der Waals surface area contributed by atoms with Crippen LogP contribution in [-0.2, 0) is 0 Å². The lowest BCUT2D eigenvalue weighted by Crippen LogP contribution is -2.03. The molecule has 1 aromatic heterocycles. The predicted molar refractivity (Wildman–Crippen MR) is 47.0 cm³/mol. The Balaban J connectivity index is 0.000000184. The van der Waals surface area contributed by atoms with Gasteiger partial charge in [0, 0.05) is 0 Å². The maximum Gasteiger partial charge on any atom is 0.402 e. The highest BCUT2D eigenvalue weighted by Crippen LogP contribution is 2.37. The van der Waals surface area contributed by atoms with E-state index in [0.29, 0.717) is 0 Å². The van der Waals surface area contributed by atoms with Gasteiger partial charge in [0.2, 0.25) is 0 Å². The third-order valence-corrected chi connectivity index (χ3v) is 1.38. The summed E-state index contributed by atoms with van der Waals surface area (Å²) in [4.78, 5) is 17.0. The summed E-state index contributed by atoms with van der Waals surface area (Å²) in [5.41, 5.74) is 6.19. The summed E-state index contributed by atoms with van der Waals surface area (Å²) in [6.45, 7) is 3.88. The van der Waals surface area contributed by atoms with Crippen LogP contribution in [0.4, 0.5) is 16.3 Å². The zero-order chi connectivity index (χ0) is 10.0. The highest BCUT2D eigenvalue weighted by atomic mass is 16.4. The molecule has 0 saturated carbocycles. The van der Waals surface area contributed by atoms with Gasteiger partial charge >= 0.3 is 6.09 Å². The molecule has 13 heavy (non-hydrogen) atoms. The van der Waals surface area contributed by atoms with Gasteiger partial charge < -0.3 is 16.2 Å². The van der Waals surface area contributed by atoms with E-state index in [1.807, 2.05) is 13.8 Å². The Labute approximate surface area is 74.8 Å². The fraction of sp³-hybridized carbons (Fsp3) is 0.286. The highest BCUT2D eigenvalue weighted by molar-refractivity contribution is 5.87. The molecule has 4 N–H and O–H groups in total. The molecule has 0 fully saturated rings. The number of nitrogens with zero attached hydrogens (tertiary/aromatic N) is 2. The first kappa shape index (κ1) is 9.24. The number of nitrogens with one attached hydrogen (secondary N) is 1. The fourth-order valence-corrected chi connectivity index (χ4v) is 0.918. The molecule has 2 heterocycles. The van der Waals surface area contributed by atoms with Crippen molar-refractivity contribution in [3.05, 3.63) is 11.5 Å². The second kappa shape index (κ2) is 3.26. The minimum absolute atomic E-state index is 0.844. The summed E-state index contributed by atoms with van der Waals surface area (Å²) >= 11 is 0. The normalized spacial score (nSPS) is 10.3. The number of carbonyl (C=O) groups is 1. The lowest BCUT2D eigenvalue weighted by atomic mass is 10.4. The maximum absolute atomic E-state index is 8.78. The molecular weight excluding hydrogens is 172 g/mol. The molecule has 6 heteroatoms. The molecular formula is C7H10N4O2. The molecule has 70 valence electrons. The molecule has 0 aromatic carbocycles. The average molecular weight is 182 g/mol. The number of carboxylic acid groups (broad SMARTS) is 1. The monoisotopic (exact) mass is 182 g/mol. The van der Waals surface area contributed by atoms with E-state index in [0.717, 1.165) is 23.0 Å². The van der Waals surface area contributed by atoms with Gasteiger partial charge in [-0.15, -0.1) is 0 Å². The van der Waals surface area contributed by atoms with Crippen molar-refractivity contribution in [2.45, 2.75) is 13.8 Å². The predicted octanol–water partition coefficient (Wildman–Crippen LogP) is 0.774. The molecule has 1 amide bonds. The van der Waals surface area contributed by atoms with Crippen LogP contribution < -0.4 is 11.1 Å². The van der Waals surface area contributed by atoms with Crippen LogP contribution >= 0.6 is 0 Å². The Morgan fingerprint density at radius 3 is 2.46 bits per heavy atom. The number of amides is 1. The van der Waals surface area contributed by atoms with Crippen molar-refractivity contribution in [1.29, 1.82) is 0 Å². The third kappa shape index (κ3) is 2.58. The first-order valence-corrected chi connectivity index (χ1v) is 3.61. The fourth-order valence-electron chi connectivity index (χ4n) is 0.918. The number of primary amides is 1. The molecule has 0 unspecified atom stereocenters. The minimum atomic E-state index is -1.33. The molecule has 0 saturated heterocycles. The Morgan fingerprint density at radius 2 is 2.00 bits per heavy atom. The number of anilines is 2. The van der Waals surface area contributed by atoms with Gasteiger partial charge in [0.15, 0.2) is 5.82 Å². The summed E-state index contributed by atoms with van der Waals surface area (Å²) in [5.74, 6) is 1.84. The number of fused-ring (bicyclic) bond motifs is 1. The lowest BCUT2D eigenvalue weighted by molar-refractivity contribution is 0.205. The van der Waals surface area contributed by atoms with Gasteiger partial charge in [0.1, 0.15) is 11.5 Å². The number of nitrogens with two attached hydrogens (primary N) is 1. The lowest BCUT2D eigenvalue weighted by Gasteiger charge is -1.86. The van der Waals surface area contributed by atoms with Crippen molar-refractivity contribution in [3.8, 4) is 0 Å². The minimum Gasteiger partial charge on any atom is -0.465 e. The van der Waals surface area contributed by atoms with Crippen LogP contribution in [0, 0.1) is 13.8 Å². The third-order valence-electron chi connectivity index (χ3n) is 1.38.